The SMILES string of the molecule is CC(CCN)C(=O)Nc1nc2c(s1)CCC2. The van der Waals surface area contributed by atoms with Gasteiger partial charge >= 0.3 is 0 Å². The Bertz CT molecular complexity index is 367. The Morgan fingerprint density at radius 1 is 1.62 bits per heavy atom. The number of nitrogens with one attached hydrogen (secondary N) is 1. The average Bonchev–Trinajstić information content (AvgIpc) is 2.78. The number of carbonyl (C=O) groups is 1. The molecule has 1 atom stereocenters. The van der Waals surface area contributed by atoms with Gasteiger partial charge in [-0.15, -0.1) is 11.3 Å². The van der Waals surface area contributed by atoms with Crippen molar-refractivity contribution in [3.05, 3.63) is 10.6 Å². The summed E-state index contributed by atoms with van der Waals surface area (Å²) in [5.74, 6) is -0.0124. The van der Waals surface area contributed by atoms with Crippen LogP contribution in [0.5, 0.6) is 0 Å². The summed E-state index contributed by atoms with van der Waals surface area (Å²) < 4.78 is 0. The van der Waals surface area contributed by atoms with Crippen molar-refractivity contribution in [2.24, 2.45) is 11.7 Å². The van der Waals surface area contributed by atoms with Crippen molar-refractivity contribution in [2.75, 3.05) is 11.9 Å². The van der Waals surface area contributed by atoms with Gasteiger partial charge in [0.1, 0.15) is 0 Å². The number of nitrogens with two attached hydrogens (primary N) is 1. The molecule has 1 unspecified atom stereocenters. The number of aromatic nitrogens is 1. The first-order valence-electron chi connectivity index (χ1n) is 5.70. The van der Waals surface area contributed by atoms with Crippen LogP contribution in [0, 0.1) is 5.92 Å². The lowest BCUT2D eigenvalue weighted by Crippen LogP contribution is -2.22. The summed E-state index contributed by atoms with van der Waals surface area (Å²) in [6, 6.07) is 0. The summed E-state index contributed by atoms with van der Waals surface area (Å²) in [5.41, 5.74) is 6.60. The van der Waals surface area contributed by atoms with Gasteiger partial charge in [0.05, 0.1) is 5.69 Å². The van der Waals surface area contributed by atoms with Gasteiger partial charge < -0.3 is 11.1 Å². The predicted molar refractivity (Wildman–Crippen MR) is 65.6 cm³/mol. The second kappa shape index (κ2) is 4.93. The van der Waals surface area contributed by atoms with Crippen molar-refractivity contribution in [2.45, 2.75) is 32.6 Å². The molecule has 0 bridgehead atoms. The predicted octanol–water partition coefficient (Wildman–Crippen LogP) is 1.56. The topological polar surface area (TPSA) is 68.0 Å². The highest BCUT2D eigenvalue weighted by atomic mass is 32.1. The molecule has 1 aliphatic carbocycles. The molecule has 4 nitrogen and oxygen atoms in total. The molecule has 0 saturated carbocycles. The fraction of sp³-hybridized carbons (Fsp3) is 0.636. The molecule has 1 aliphatic rings. The van der Waals surface area contributed by atoms with Gasteiger partial charge in [0, 0.05) is 10.8 Å². The smallest absolute Gasteiger partial charge is 0.229 e. The Morgan fingerprint density at radius 3 is 3.12 bits per heavy atom. The molecule has 0 fully saturated rings. The zero-order chi connectivity index (χ0) is 11.5. The Morgan fingerprint density at radius 2 is 2.44 bits per heavy atom. The quantitative estimate of drug-likeness (QED) is 0.837. The number of carbonyl (C=O) groups excluding carboxylic acids is 1. The van der Waals surface area contributed by atoms with Gasteiger partial charge in [0.15, 0.2) is 5.13 Å². The minimum absolute atomic E-state index is 0.0258. The van der Waals surface area contributed by atoms with Crippen molar-refractivity contribution in [3.63, 3.8) is 0 Å². The van der Waals surface area contributed by atoms with Crippen molar-refractivity contribution in [1.82, 2.24) is 4.98 Å². The van der Waals surface area contributed by atoms with Crippen LogP contribution in [0.15, 0.2) is 0 Å². The molecule has 1 aromatic heterocycles. The first-order chi connectivity index (χ1) is 7.70. The lowest BCUT2D eigenvalue weighted by molar-refractivity contribution is -0.119. The minimum atomic E-state index is -0.0382. The molecule has 0 radical (unpaired) electrons. The molecule has 1 aromatic rings. The highest BCUT2D eigenvalue weighted by Gasteiger charge is 2.19. The van der Waals surface area contributed by atoms with Gasteiger partial charge in [-0.25, -0.2) is 4.98 Å². The molecule has 2 rings (SSSR count). The van der Waals surface area contributed by atoms with E-state index in [-0.39, 0.29) is 11.8 Å². The molecular formula is C11H17N3OS. The van der Waals surface area contributed by atoms with Crippen LogP contribution in [0.4, 0.5) is 5.13 Å². The summed E-state index contributed by atoms with van der Waals surface area (Å²) in [5, 5.41) is 3.62. The standard InChI is InChI=1S/C11H17N3OS/c1-7(5-6-12)10(15)14-11-13-8-3-2-4-9(8)16-11/h7H,2-6,12H2,1H3,(H,13,14,15). The van der Waals surface area contributed by atoms with Crippen molar-refractivity contribution in [3.8, 4) is 0 Å². The Hall–Kier alpha value is -0.940. The van der Waals surface area contributed by atoms with E-state index in [0.717, 1.165) is 24.4 Å². The van der Waals surface area contributed by atoms with Crippen molar-refractivity contribution < 1.29 is 4.79 Å². The van der Waals surface area contributed by atoms with E-state index >= 15 is 0 Å². The maximum atomic E-state index is 11.7. The Labute approximate surface area is 99.3 Å². The van der Waals surface area contributed by atoms with Crippen LogP contribution < -0.4 is 11.1 Å². The second-order valence-electron chi connectivity index (χ2n) is 4.21. The Kier molecular flexibility index (Phi) is 3.56. The van der Waals surface area contributed by atoms with E-state index in [2.05, 4.69) is 10.3 Å². The van der Waals surface area contributed by atoms with Crippen LogP contribution in [-0.2, 0) is 17.6 Å². The molecule has 88 valence electrons. The van der Waals surface area contributed by atoms with E-state index < -0.39 is 0 Å². The van der Waals surface area contributed by atoms with Crippen LogP contribution in [0.2, 0.25) is 0 Å². The lowest BCUT2D eigenvalue weighted by Gasteiger charge is -2.08. The highest BCUT2D eigenvalue weighted by molar-refractivity contribution is 7.15. The zero-order valence-corrected chi connectivity index (χ0v) is 10.3. The Balaban J connectivity index is 1.96. The monoisotopic (exact) mass is 239 g/mol. The molecule has 3 N–H and O–H groups in total. The lowest BCUT2D eigenvalue weighted by atomic mass is 10.1. The largest absolute Gasteiger partial charge is 0.330 e. The van der Waals surface area contributed by atoms with Gasteiger partial charge in [-0.3, -0.25) is 4.79 Å². The van der Waals surface area contributed by atoms with Crippen LogP contribution in [0.1, 0.15) is 30.3 Å². The fourth-order valence-electron chi connectivity index (χ4n) is 1.85. The second-order valence-corrected chi connectivity index (χ2v) is 5.29. The van der Waals surface area contributed by atoms with Gasteiger partial charge in [0.25, 0.3) is 0 Å². The third-order valence-corrected chi connectivity index (χ3v) is 3.95. The van der Waals surface area contributed by atoms with Crippen LogP contribution in [-0.4, -0.2) is 17.4 Å². The molecule has 0 aromatic carbocycles. The summed E-state index contributed by atoms with van der Waals surface area (Å²) in [4.78, 5) is 17.5. The third-order valence-electron chi connectivity index (χ3n) is 2.87. The van der Waals surface area contributed by atoms with Crippen LogP contribution >= 0.6 is 11.3 Å². The summed E-state index contributed by atoms with van der Waals surface area (Å²) in [7, 11) is 0. The summed E-state index contributed by atoms with van der Waals surface area (Å²) in [6.07, 6.45) is 4.09. The van der Waals surface area contributed by atoms with E-state index in [1.807, 2.05) is 6.92 Å². The maximum Gasteiger partial charge on any atom is 0.229 e. The summed E-state index contributed by atoms with van der Waals surface area (Å²) >= 11 is 1.61. The van der Waals surface area contributed by atoms with Gasteiger partial charge in [-0.2, -0.15) is 0 Å². The van der Waals surface area contributed by atoms with E-state index in [1.54, 1.807) is 11.3 Å². The number of aryl methyl sites for hydroxylation is 2. The molecule has 0 aliphatic heterocycles. The first kappa shape index (κ1) is 11.5. The van der Waals surface area contributed by atoms with Gasteiger partial charge in [-0.1, -0.05) is 6.92 Å². The normalized spacial score (nSPS) is 15.9. The van der Waals surface area contributed by atoms with Crippen LogP contribution in [0.3, 0.4) is 0 Å². The molecule has 0 saturated heterocycles. The molecule has 5 heteroatoms. The third kappa shape index (κ3) is 2.41. The molecule has 0 spiro atoms. The van der Waals surface area contributed by atoms with Gasteiger partial charge in [0.2, 0.25) is 5.91 Å². The number of hydrogen-bond acceptors (Lipinski definition) is 4. The van der Waals surface area contributed by atoms with E-state index in [9.17, 15) is 4.79 Å². The van der Waals surface area contributed by atoms with Gasteiger partial charge in [-0.05, 0) is 32.2 Å². The maximum absolute atomic E-state index is 11.7. The number of nitrogens with zero attached hydrogens (tertiary/aromatic N) is 1. The number of thiazole rings is 1. The first-order valence-corrected chi connectivity index (χ1v) is 6.52. The molecule has 1 amide bonds. The van der Waals surface area contributed by atoms with Crippen molar-refractivity contribution >= 4 is 22.4 Å². The zero-order valence-electron chi connectivity index (χ0n) is 9.45. The fourth-order valence-corrected chi connectivity index (χ4v) is 2.91. The number of fused-ring (bicyclic) bond motifs is 1. The molecular weight excluding hydrogens is 222 g/mol. The highest BCUT2D eigenvalue weighted by Crippen LogP contribution is 2.30. The number of amides is 1. The van der Waals surface area contributed by atoms with E-state index in [1.165, 1.54) is 17.0 Å². The summed E-state index contributed by atoms with van der Waals surface area (Å²) in [6.45, 7) is 2.44. The number of hydrogen-bond donors (Lipinski definition) is 2. The molecule has 1 heterocycles. The minimum Gasteiger partial charge on any atom is -0.330 e. The van der Waals surface area contributed by atoms with Crippen molar-refractivity contribution in [1.29, 1.82) is 0 Å². The van der Waals surface area contributed by atoms with E-state index in [4.69, 9.17) is 5.73 Å². The average molecular weight is 239 g/mol. The molecule has 16 heavy (non-hydrogen) atoms. The number of anilines is 1. The number of rotatable bonds is 4. The van der Waals surface area contributed by atoms with E-state index in [0.29, 0.717) is 6.54 Å². The van der Waals surface area contributed by atoms with Crippen LogP contribution in [0.25, 0.3) is 0 Å².